The SMILES string of the molecule is CCCN(CCN(C)C)S(=O)(=O)c1cnn(CCN)c1. The van der Waals surface area contributed by atoms with Gasteiger partial charge in [-0.15, -0.1) is 0 Å². The zero-order valence-electron chi connectivity index (χ0n) is 12.5. The molecule has 0 aliphatic rings. The number of aromatic nitrogens is 2. The van der Waals surface area contributed by atoms with E-state index in [4.69, 9.17) is 5.73 Å². The third-order valence-electron chi connectivity index (χ3n) is 2.88. The van der Waals surface area contributed by atoms with Crippen molar-refractivity contribution in [3.63, 3.8) is 0 Å². The van der Waals surface area contributed by atoms with Crippen LogP contribution in [0.4, 0.5) is 0 Å². The minimum Gasteiger partial charge on any atom is -0.329 e. The average molecular weight is 303 g/mol. The number of sulfonamides is 1. The van der Waals surface area contributed by atoms with Crippen LogP contribution in [-0.4, -0.2) is 67.7 Å². The quantitative estimate of drug-likeness (QED) is 0.683. The highest BCUT2D eigenvalue weighted by Crippen LogP contribution is 2.15. The fourth-order valence-electron chi connectivity index (χ4n) is 1.79. The Balaban J connectivity index is 2.90. The molecule has 0 saturated carbocycles. The van der Waals surface area contributed by atoms with E-state index in [9.17, 15) is 8.42 Å². The first-order chi connectivity index (χ1) is 9.41. The summed E-state index contributed by atoms with van der Waals surface area (Å²) in [5.74, 6) is 0. The second kappa shape index (κ2) is 7.72. The first-order valence-electron chi connectivity index (χ1n) is 6.79. The van der Waals surface area contributed by atoms with E-state index in [2.05, 4.69) is 5.10 Å². The number of nitrogens with two attached hydrogens (primary N) is 1. The lowest BCUT2D eigenvalue weighted by Gasteiger charge is -2.22. The molecule has 0 amide bonds. The van der Waals surface area contributed by atoms with Crippen molar-refractivity contribution >= 4 is 10.0 Å². The maximum Gasteiger partial charge on any atom is 0.246 e. The fourth-order valence-corrected chi connectivity index (χ4v) is 3.27. The van der Waals surface area contributed by atoms with Crippen LogP contribution in [0, 0.1) is 0 Å². The Morgan fingerprint density at radius 1 is 1.30 bits per heavy atom. The summed E-state index contributed by atoms with van der Waals surface area (Å²) in [5.41, 5.74) is 5.44. The van der Waals surface area contributed by atoms with E-state index in [1.54, 1.807) is 10.9 Å². The summed E-state index contributed by atoms with van der Waals surface area (Å²) >= 11 is 0. The van der Waals surface area contributed by atoms with Crippen LogP contribution in [0.25, 0.3) is 0 Å². The topological polar surface area (TPSA) is 84.5 Å². The average Bonchev–Trinajstić information content (AvgIpc) is 2.83. The fraction of sp³-hybridized carbons (Fsp3) is 0.750. The van der Waals surface area contributed by atoms with Crippen LogP contribution < -0.4 is 5.73 Å². The van der Waals surface area contributed by atoms with E-state index in [1.165, 1.54) is 10.5 Å². The molecule has 0 bridgehead atoms. The van der Waals surface area contributed by atoms with Gasteiger partial charge in [0.05, 0.1) is 12.7 Å². The van der Waals surface area contributed by atoms with E-state index in [1.807, 2.05) is 25.9 Å². The number of hydrogen-bond acceptors (Lipinski definition) is 5. The summed E-state index contributed by atoms with van der Waals surface area (Å²) in [7, 11) is 0.379. The Morgan fingerprint density at radius 3 is 2.55 bits per heavy atom. The predicted octanol–water partition coefficient (Wildman–Crippen LogP) is -0.196. The highest BCUT2D eigenvalue weighted by atomic mass is 32.2. The van der Waals surface area contributed by atoms with Gasteiger partial charge in [-0.1, -0.05) is 6.92 Å². The van der Waals surface area contributed by atoms with Gasteiger partial charge < -0.3 is 10.6 Å². The Morgan fingerprint density at radius 2 is 2.00 bits per heavy atom. The standard InChI is InChI=1S/C12H25N5O2S/c1-4-6-17(9-8-15(2)3)20(18,19)12-10-14-16(11-12)7-5-13/h10-11H,4-9,13H2,1-3H3. The lowest BCUT2D eigenvalue weighted by Crippen LogP contribution is -2.37. The van der Waals surface area contributed by atoms with Crippen molar-refractivity contribution < 1.29 is 8.42 Å². The van der Waals surface area contributed by atoms with E-state index < -0.39 is 10.0 Å². The summed E-state index contributed by atoms with van der Waals surface area (Å²) in [6, 6.07) is 0. The van der Waals surface area contributed by atoms with Gasteiger partial charge in [0.1, 0.15) is 4.90 Å². The van der Waals surface area contributed by atoms with Gasteiger partial charge in [0.2, 0.25) is 10.0 Å². The maximum atomic E-state index is 12.6. The van der Waals surface area contributed by atoms with Crippen LogP contribution in [0.15, 0.2) is 17.3 Å². The third kappa shape index (κ3) is 4.55. The molecule has 0 spiro atoms. The number of hydrogen-bond donors (Lipinski definition) is 1. The molecule has 0 fully saturated rings. The molecule has 20 heavy (non-hydrogen) atoms. The van der Waals surface area contributed by atoms with Gasteiger partial charge in [-0.3, -0.25) is 4.68 Å². The van der Waals surface area contributed by atoms with Gasteiger partial charge in [0, 0.05) is 32.4 Å². The summed E-state index contributed by atoms with van der Waals surface area (Å²) < 4.78 is 28.2. The van der Waals surface area contributed by atoms with Gasteiger partial charge in [0.15, 0.2) is 0 Å². The molecule has 0 radical (unpaired) electrons. The minimum absolute atomic E-state index is 0.234. The van der Waals surface area contributed by atoms with Crippen molar-refractivity contribution in [3.8, 4) is 0 Å². The lowest BCUT2D eigenvalue weighted by molar-refractivity contribution is 0.333. The molecular weight excluding hydrogens is 278 g/mol. The molecule has 0 aliphatic carbocycles. The van der Waals surface area contributed by atoms with Crippen molar-refractivity contribution in [2.24, 2.45) is 5.73 Å². The molecule has 116 valence electrons. The van der Waals surface area contributed by atoms with E-state index in [0.29, 0.717) is 32.7 Å². The van der Waals surface area contributed by atoms with Crippen molar-refractivity contribution in [3.05, 3.63) is 12.4 Å². The monoisotopic (exact) mass is 303 g/mol. The molecule has 2 N–H and O–H groups in total. The Labute approximate surface area is 121 Å². The van der Waals surface area contributed by atoms with E-state index >= 15 is 0 Å². The summed E-state index contributed by atoms with van der Waals surface area (Å²) in [4.78, 5) is 2.20. The van der Waals surface area contributed by atoms with Crippen molar-refractivity contribution in [2.75, 3.05) is 40.3 Å². The first-order valence-corrected chi connectivity index (χ1v) is 8.23. The predicted molar refractivity (Wildman–Crippen MR) is 78.9 cm³/mol. The van der Waals surface area contributed by atoms with Crippen molar-refractivity contribution in [1.29, 1.82) is 0 Å². The molecular formula is C12H25N5O2S. The van der Waals surface area contributed by atoms with Crippen LogP contribution in [-0.2, 0) is 16.6 Å². The number of rotatable bonds is 9. The van der Waals surface area contributed by atoms with Gasteiger partial charge in [-0.25, -0.2) is 8.42 Å². The molecule has 0 aromatic carbocycles. The molecule has 1 aromatic heterocycles. The first kappa shape index (κ1) is 17.1. The molecule has 8 heteroatoms. The second-order valence-electron chi connectivity index (χ2n) is 4.94. The zero-order valence-corrected chi connectivity index (χ0v) is 13.3. The second-order valence-corrected chi connectivity index (χ2v) is 6.87. The summed E-state index contributed by atoms with van der Waals surface area (Å²) in [5, 5.41) is 4.03. The van der Waals surface area contributed by atoms with Gasteiger partial charge in [-0.05, 0) is 20.5 Å². The Hall–Kier alpha value is -0.960. The number of likely N-dealkylation sites (N-methyl/N-ethyl adjacent to an activating group) is 1. The third-order valence-corrected chi connectivity index (χ3v) is 4.73. The zero-order chi connectivity index (χ0) is 15.2. The molecule has 1 rings (SSSR count). The highest BCUT2D eigenvalue weighted by molar-refractivity contribution is 7.89. The smallest absolute Gasteiger partial charge is 0.246 e. The highest BCUT2D eigenvalue weighted by Gasteiger charge is 2.25. The van der Waals surface area contributed by atoms with Crippen LogP contribution in [0.3, 0.4) is 0 Å². The molecule has 0 saturated heterocycles. The normalized spacial score (nSPS) is 12.5. The van der Waals surface area contributed by atoms with Gasteiger partial charge >= 0.3 is 0 Å². The largest absolute Gasteiger partial charge is 0.329 e. The lowest BCUT2D eigenvalue weighted by atomic mass is 10.4. The molecule has 0 atom stereocenters. The molecule has 7 nitrogen and oxygen atoms in total. The van der Waals surface area contributed by atoms with Crippen molar-refractivity contribution in [2.45, 2.75) is 24.8 Å². The number of nitrogens with zero attached hydrogens (tertiary/aromatic N) is 4. The molecule has 0 unspecified atom stereocenters. The van der Waals surface area contributed by atoms with E-state index in [0.717, 1.165) is 6.42 Å². The summed E-state index contributed by atoms with van der Waals surface area (Å²) in [6.45, 7) is 4.59. The van der Waals surface area contributed by atoms with Crippen LogP contribution in [0.1, 0.15) is 13.3 Å². The van der Waals surface area contributed by atoms with Gasteiger partial charge in [0.25, 0.3) is 0 Å². The molecule has 1 aromatic rings. The molecule has 1 heterocycles. The Kier molecular flexibility index (Phi) is 6.60. The Bertz CT molecular complexity index is 498. The minimum atomic E-state index is -3.47. The van der Waals surface area contributed by atoms with Crippen LogP contribution in [0.5, 0.6) is 0 Å². The van der Waals surface area contributed by atoms with E-state index in [-0.39, 0.29) is 4.90 Å². The van der Waals surface area contributed by atoms with Crippen molar-refractivity contribution in [1.82, 2.24) is 19.0 Å². The van der Waals surface area contributed by atoms with Crippen LogP contribution in [0.2, 0.25) is 0 Å². The molecule has 0 aliphatic heterocycles. The maximum absolute atomic E-state index is 12.6. The summed E-state index contributed by atoms with van der Waals surface area (Å²) in [6.07, 6.45) is 3.72. The van der Waals surface area contributed by atoms with Crippen LogP contribution >= 0.6 is 0 Å². The van der Waals surface area contributed by atoms with Gasteiger partial charge in [-0.2, -0.15) is 9.40 Å².